The van der Waals surface area contributed by atoms with Gasteiger partial charge in [0, 0.05) is 17.7 Å². The molecular formula is C20H15N9O6. The number of non-ortho nitro benzene ring substituents is 1. The van der Waals surface area contributed by atoms with Crippen molar-refractivity contribution in [3.8, 4) is 28.6 Å². The summed E-state index contributed by atoms with van der Waals surface area (Å²) in [6.07, 6.45) is 0. The Balaban J connectivity index is 1.49. The molecule has 3 N–H and O–H groups in total. The fourth-order valence-electron chi connectivity index (χ4n) is 3.30. The van der Waals surface area contributed by atoms with Gasteiger partial charge in [-0.2, -0.15) is 9.78 Å². The SMILES string of the molecule is CC(=NNC(=O)c1nnn(-c2nonc2N)c1-c1ccc2c(c1)OCO2)c1ccc([N+](=O)[O-])cc1. The summed E-state index contributed by atoms with van der Waals surface area (Å²) in [5, 5.41) is 30.2. The van der Waals surface area contributed by atoms with E-state index in [1.54, 1.807) is 25.1 Å². The first-order chi connectivity index (χ1) is 16.9. The molecule has 1 amide bonds. The lowest BCUT2D eigenvalue weighted by atomic mass is 10.1. The number of rotatable bonds is 6. The zero-order valence-corrected chi connectivity index (χ0v) is 17.9. The van der Waals surface area contributed by atoms with Crippen LogP contribution in [0.5, 0.6) is 11.5 Å². The van der Waals surface area contributed by atoms with E-state index in [0.29, 0.717) is 28.3 Å². The van der Waals surface area contributed by atoms with Gasteiger partial charge in [0.25, 0.3) is 11.6 Å². The number of hydrazone groups is 1. The fourth-order valence-corrected chi connectivity index (χ4v) is 3.30. The van der Waals surface area contributed by atoms with Crippen molar-refractivity contribution in [2.75, 3.05) is 12.5 Å². The van der Waals surface area contributed by atoms with Crippen LogP contribution >= 0.6 is 0 Å². The predicted molar refractivity (Wildman–Crippen MR) is 118 cm³/mol. The molecule has 3 heterocycles. The summed E-state index contributed by atoms with van der Waals surface area (Å²) in [6.45, 7) is 1.71. The number of nitrogens with two attached hydrogens (primary N) is 1. The lowest BCUT2D eigenvalue weighted by molar-refractivity contribution is -0.384. The molecule has 0 saturated carbocycles. The number of nitro benzene ring substituents is 1. The van der Waals surface area contributed by atoms with Crippen molar-refractivity contribution in [2.45, 2.75) is 6.92 Å². The van der Waals surface area contributed by atoms with Crippen molar-refractivity contribution in [3.63, 3.8) is 0 Å². The van der Waals surface area contributed by atoms with E-state index < -0.39 is 10.8 Å². The highest BCUT2D eigenvalue weighted by atomic mass is 16.7. The Kier molecular flexibility index (Phi) is 5.25. The number of carbonyl (C=O) groups excluding carboxylic acids is 1. The lowest BCUT2D eigenvalue weighted by Crippen LogP contribution is -2.21. The number of hydrogen-bond acceptors (Lipinski definition) is 12. The molecule has 35 heavy (non-hydrogen) atoms. The van der Waals surface area contributed by atoms with Crippen molar-refractivity contribution in [1.82, 2.24) is 30.7 Å². The van der Waals surface area contributed by atoms with Crippen LogP contribution in [-0.2, 0) is 0 Å². The second kappa shape index (κ2) is 8.54. The summed E-state index contributed by atoms with van der Waals surface area (Å²) in [6, 6.07) is 10.8. The van der Waals surface area contributed by atoms with Gasteiger partial charge in [-0.3, -0.25) is 14.9 Å². The van der Waals surface area contributed by atoms with Crippen molar-refractivity contribution < 1.29 is 23.8 Å². The summed E-state index contributed by atoms with van der Waals surface area (Å²) in [5.41, 5.74) is 9.82. The Hall–Kier alpha value is -5.34. The van der Waals surface area contributed by atoms with Crippen molar-refractivity contribution in [1.29, 1.82) is 0 Å². The first-order valence-electron chi connectivity index (χ1n) is 9.96. The van der Waals surface area contributed by atoms with E-state index in [0.717, 1.165) is 0 Å². The van der Waals surface area contributed by atoms with Gasteiger partial charge in [0.2, 0.25) is 18.4 Å². The zero-order valence-electron chi connectivity index (χ0n) is 17.9. The first-order valence-corrected chi connectivity index (χ1v) is 9.96. The molecule has 176 valence electrons. The third kappa shape index (κ3) is 3.97. The summed E-state index contributed by atoms with van der Waals surface area (Å²) in [5.74, 6) is 0.315. The van der Waals surface area contributed by atoms with Crippen LogP contribution in [0.1, 0.15) is 23.0 Å². The molecule has 0 aliphatic carbocycles. The number of nitrogen functional groups attached to an aromatic ring is 1. The number of fused-ring (bicyclic) bond motifs is 1. The lowest BCUT2D eigenvalue weighted by Gasteiger charge is -2.07. The number of carbonyl (C=O) groups is 1. The highest BCUT2D eigenvalue weighted by Crippen LogP contribution is 2.37. The van der Waals surface area contributed by atoms with Gasteiger partial charge >= 0.3 is 0 Å². The number of hydrogen-bond donors (Lipinski definition) is 2. The van der Waals surface area contributed by atoms with Gasteiger partial charge in [0.1, 0.15) is 5.69 Å². The van der Waals surface area contributed by atoms with Crippen LogP contribution in [0.4, 0.5) is 11.5 Å². The van der Waals surface area contributed by atoms with E-state index in [4.69, 9.17) is 15.2 Å². The summed E-state index contributed by atoms with van der Waals surface area (Å²) in [7, 11) is 0. The van der Waals surface area contributed by atoms with E-state index in [2.05, 4.69) is 35.8 Å². The van der Waals surface area contributed by atoms with Crippen LogP contribution in [0.3, 0.4) is 0 Å². The van der Waals surface area contributed by atoms with Gasteiger partial charge < -0.3 is 15.2 Å². The third-order valence-electron chi connectivity index (χ3n) is 5.05. The largest absolute Gasteiger partial charge is 0.454 e. The second-order valence-electron chi connectivity index (χ2n) is 7.18. The number of amides is 1. The topological polar surface area (TPSA) is 199 Å². The van der Waals surface area contributed by atoms with E-state index in [1.807, 2.05) is 0 Å². The average molecular weight is 477 g/mol. The van der Waals surface area contributed by atoms with Gasteiger partial charge in [-0.05, 0) is 53.1 Å². The minimum atomic E-state index is -0.680. The molecule has 0 atom stereocenters. The van der Waals surface area contributed by atoms with Crippen LogP contribution in [0.15, 0.2) is 52.2 Å². The van der Waals surface area contributed by atoms with E-state index in [1.165, 1.54) is 28.9 Å². The van der Waals surface area contributed by atoms with Crippen molar-refractivity contribution >= 4 is 23.1 Å². The third-order valence-corrected chi connectivity index (χ3v) is 5.05. The first kappa shape index (κ1) is 21.5. The van der Waals surface area contributed by atoms with Crippen LogP contribution in [-0.4, -0.2) is 48.6 Å². The molecule has 5 rings (SSSR count). The van der Waals surface area contributed by atoms with E-state index in [-0.39, 0.29) is 35.5 Å². The van der Waals surface area contributed by atoms with Gasteiger partial charge in [0.15, 0.2) is 17.2 Å². The Morgan fingerprint density at radius 3 is 2.66 bits per heavy atom. The second-order valence-corrected chi connectivity index (χ2v) is 7.18. The van der Waals surface area contributed by atoms with Crippen LogP contribution in [0.25, 0.3) is 17.1 Å². The molecule has 0 bridgehead atoms. The Bertz CT molecular complexity index is 1470. The summed E-state index contributed by atoms with van der Waals surface area (Å²) >= 11 is 0. The standard InChI is InChI=1S/C20H15N9O6/c1-10(11-2-5-13(6-3-11)29(31)32)22-24-20(30)16-17(12-4-7-14-15(8-12)34-9-33-14)28(27-23-16)19-18(21)25-35-26-19/h2-8H,9H2,1H3,(H2,21,25)(H,24,30). The number of nitrogens with zero attached hydrogens (tertiary/aromatic N) is 7. The number of benzene rings is 2. The van der Waals surface area contributed by atoms with Crippen molar-refractivity contribution in [3.05, 3.63) is 63.8 Å². The molecule has 0 fully saturated rings. The molecule has 1 aliphatic heterocycles. The fraction of sp³-hybridized carbons (Fsp3) is 0.100. The maximum absolute atomic E-state index is 13.0. The quantitative estimate of drug-likeness (QED) is 0.233. The number of ether oxygens (including phenoxy) is 2. The Morgan fingerprint density at radius 1 is 1.17 bits per heavy atom. The molecule has 2 aromatic heterocycles. The van der Waals surface area contributed by atoms with E-state index in [9.17, 15) is 14.9 Å². The van der Waals surface area contributed by atoms with Gasteiger partial charge in [-0.15, -0.1) is 5.10 Å². The molecule has 0 saturated heterocycles. The van der Waals surface area contributed by atoms with Gasteiger partial charge in [-0.25, -0.2) is 10.1 Å². The molecule has 0 radical (unpaired) electrons. The molecule has 15 heteroatoms. The minimum Gasteiger partial charge on any atom is -0.454 e. The highest BCUT2D eigenvalue weighted by Gasteiger charge is 2.27. The molecule has 0 spiro atoms. The Labute approximate surface area is 195 Å². The zero-order chi connectivity index (χ0) is 24.5. The molecule has 2 aromatic carbocycles. The minimum absolute atomic E-state index is 0.0368. The van der Waals surface area contributed by atoms with Crippen LogP contribution < -0.4 is 20.6 Å². The molecule has 15 nitrogen and oxygen atoms in total. The summed E-state index contributed by atoms with van der Waals surface area (Å²) in [4.78, 5) is 23.4. The van der Waals surface area contributed by atoms with Crippen molar-refractivity contribution in [2.24, 2.45) is 5.10 Å². The van der Waals surface area contributed by atoms with Crippen LogP contribution in [0, 0.1) is 10.1 Å². The molecule has 0 unspecified atom stereocenters. The molecule has 4 aromatic rings. The smallest absolute Gasteiger partial charge is 0.294 e. The molecule has 1 aliphatic rings. The number of nitro groups is 1. The normalized spacial score (nSPS) is 12.5. The molecular weight excluding hydrogens is 462 g/mol. The average Bonchev–Trinajstić information content (AvgIpc) is 3.60. The predicted octanol–water partition coefficient (Wildman–Crippen LogP) is 1.69. The summed E-state index contributed by atoms with van der Waals surface area (Å²) < 4.78 is 16.7. The van der Waals surface area contributed by atoms with Gasteiger partial charge in [-0.1, -0.05) is 5.21 Å². The van der Waals surface area contributed by atoms with Crippen LogP contribution in [0.2, 0.25) is 0 Å². The highest BCUT2D eigenvalue weighted by molar-refractivity contribution is 6.02. The number of nitrogens with one attached hydrogen (secondary N) is 1. The maximum atomic E-state index is 13.0. The van der Waals surface area contributed by atoms with Gasteiger partial charge in [0.05, 0.1) is 10.6 Å². The monoisotopic (exact) mass is 477 g/mol. The maximum Gasteiger partial charge on any atom is 0.294 e. The number of aromatic nitrogens is 5. The number of anilines is 1. The Morgan fingerprint density at radius 2 is 1.94 bits per heavy atom. The van der Waals surface area contributed by atoms with E-state index >= 15 is 0 Å².